The lowest BCUT2D eigenvalue weighted by Gasteiger charge is -2.14. The summed E-state index contributed by atoms with van der Waals surface area (Å²) in [7, 11) is 0. The molecule has 1 aliphatic rings. The van der Waals surface area contributed by atoms with Gasteiger partial charge in [0.15, 0.2) is 0 Å². The molecule has 6 heteroatoms. The SMILES string of the molecule is Nc1c(C(=O)Nc2ccccn2)sc2nc3c(cc12)CCCC3. The maximum absolute atomic E-state index is 12.5. The molecular formula is C17H16N4OS. The summed E-state index contributed by atoms with van der Waals surface area (Å²) < 4.78 is 0. The van der Waals surface area contributed by atoms with Gasteiger partial charge in [0.25, 0.3) is 5.91 Å². The van der Waals surface area contributed by atoms with E-state index in [-0.39, 0.29) is 5.91 Å². The van der Waals surface area contributed by atoms with E-state index in [1.165, 1.54) is 29.7 Å². The number of nitrogens with zero attached hydrogens (tertiary/aromatic N) is 2. The highest BCUT2D eigenvalue weighted by Crippen LogP contribution is 2.35. The number of nitrogens with one attached hydrogen (secondary N) is 1. The van der Waals surface area contributed by atoms with Gasteiger partial charge in [-0.3, -0.25) is 4.79 Å². The van der Waals surface area contributed by atoms with Crippen molar-refractivity contribution in [3.63, 3.8) is 0 Å². The van der Waals surface area contributed by atoms with Crippen LogP contribution in [0, 0.1) is 0 Å². The number of nitrogen functional groups attached to an aromatic ring is 1. The average Bonchev–Trinajstić information content (AvgIpc) is 2.90. The molecule has 0 unspecified atom stereocenters. The molecule has 23 heavy (non-hydrogen) atoms. The Morgan fingerprint density at radius 3 is 2.96 bits per heavy atom. The fraction of sp³-hybridized carbons (Fsp3) is 0.235. The van der Waals surface area contributed by atoms with Crippen molar-refractivity contribution in [3.05, 3.63) is 46.6 Å². The van der Waals surface area contributed by atoms with Crippen molar-refractivity contribution in [3.8, 4) is 0 Å². The molecule has 1 amide bonds. The van der Waals surface area contributed by atoms with Gasteiger partial charge in [-0.15, -0.1) is 11.3 Å². The van der Waals surface area contributed by atoms with E-state index in [1.807, 2.05) is 6.07 Å². The molecule has 0 saturated carbocycles. The Balaban J connectivity index is 1.72. The zero-order chi connectivity index (χ0) is 15.8. The maximum Gasteiger partial charge on any atom is 0.269 e. The quantitative estimate of drug-likeness (QED) is 0.757. The molecule has 0 aliphatic heterocycles. The van der Waals surface area contributed by atoms with E-state index in [9.17, 15) is 4.79 Å². The minimum absolute atomic E-state index is 0.234. The number of amides is 1. The molecule has 3 aromatic rings. The van der Waals surface area contributed by atoms with Crippen molar-refractivity contribution >= 4 is 39.0 Å². The molecule has 0 atom stereocenters. The third kappa shape index (κ3) is 2.55. The number of carbonyl (C=O) groups is 1. The first-order valence-electron chi connectivity index (χ1n) is 7.65. The molecule has 116 valence electrons. The number of rotatable bonds is 2. The number of aromatic nitrogens is 2. The molecule has 0 saturated heterocycles. The Kier molecular flexibility index (Phi) is 3.46. The number of anilines is 2. The molecule has 3 heterocycles. The maximum atomic E-state index is 12.5. The molecule has 0 fully saturated rings. The van der Waals surface area contributed by atoms with Crippen LogP contribution in [0.3, 0.4) is 0 Å². The standard InChI is InChI=1S/C17H16N4OS/c18-14-11-9-10-5-1-2-6-12(10)20-17(11)23-15(14)16(22)21-13-7-3-4-8-19-13/h3-4,7-9H,1-2,5-6,18H2,(H,19,21,22). The average molecular weight is 324 g/mol. The molecule has 0 aromatic carbocycles. The topological polar surface area (TPSA) is 80.9 Å². The lowest BCUT2D eigenvalue weighted by atomic mass is 9.95. The van der Waals surface area contributed by atoms with Gasteiger partial charge in [-0.1, -0.05) is 6.07 Å². The van der Waals surface area contributed by atoms with Crippen LogP contribution in [0.1, 0.15) is 33.8 Å². The summed E-state index contributed by atoms with van der Waals surface area (Å²) >= 11 is 1.35. The second-order valence-electron chi connectivity index (χ2n) is 5.67. The van der Waals surface area contributed by atoms with E-state index in [0.717, 1.165) is 28.8 Å². The van der Waals surface area contributed by atoms with Crippen LogP contribution in [0.25, 0.3) is 10.2 Å². The number of aryl methyl sites for hydroxylation is 2. The van der Waals surface area contributed by atoms with Crippen molar-refractivity contribution in [1.82, 2.24) is 9.97 Å². The third-order valence-corrected chi connectivity index (χ3v) is 5.23. The van der Waals surface area contributed by atoms with Gasteiger partial charge in [0.05, 0.1) is 5.69 Å². The molecule has 5 nitrogen and oxygen atoms in total. The van der Waals surface area contributed by atoms with Gasteiger partial charge < -0.3 is 11.1 Å². The Bertz CT molecular complexity index is 888. The largest absolute Gasteiger partial charge is 0.397 e. The molecule has 3 N–H and O–H groups in total. The van der Waals surface area contributed by atoms with Crippen LogP contribution < -0.4 is 11.1 Å². The van der Waals surface area contributed by atoms with Crippen molar-refractivity contribution in [2.45, 2.75) is 25.7 Å². The van der Waals surface area contributed by atoms with Gasteiger partial charge in [0.2, 0.25) is 0 Å². The number of hydrogen-bond donors (Lipinski definition) is 2. The second-order valence-corrected chi connectivity index (χ2v) is 6.67. The lowest BCUT2D eigenvalue weighted by molar-refractivity contribution is 0.103. The minimum Gasteiger partial charge on any atom is -0.397 e. The van der Waals surface area contributed by atoms with Gasteiger partial charge in [-0.2, -0.15) is 0 Å². The van der Waals surface area contributed by atoms with Crippen LogP contribution in [-0.4, -0.2) is 15.9 Å². The molecule has 0 spiro atoms. The Morgan fingerprint density at radius 1 is 1.26 bits per heavy atom. The number of hydrogen-bond acceptors (Lipinski definition) is 5. The van der Waals surface area contributed by atoms with Crippen LogP contribution in [-0.2, 0) is 12.8 Å². The van der Waals surface area contributed by atoms with Crippen molar-refractivity contribution in [1.29, 1.82) is 0 Å². The number of nitrogens with two attached hydrogens (primary N) is 1. The second kappa shape index (κ2) is 5.62. The smallest absolute Gasteiger partial charge is 0.269 e. The van der Waals surface area contributed by atoms with E-state index >= 15 is 0 Å². The van der Waals surface area contributed by atoms with Crippen LogP contribution >= 0.6 is 11.3 Å². The van der Waals surface area contributed by atoms with E-state index in [2.05, 4.69) is 16.4 Å². The summed E-state index contributed by atoms with van der Waals surface area (Å²) in [5.41, 5.74) is 9.15. The first-order chi connectivity index (χ1) is 11.2. The fourth-order valence-corrected chi connectivity index (χ4v) is 3.93. The number of carbonyl (C=O) groups excluding carboxylic acids is 1. The molecule has 0 bridgehead atoms. The van der Waals surface area contributed by atoms with E-state index < -0.39 is 0 Å². The summed E-state index contributed by atoms with van der Waals surface area (Å²) in [6.07, 6.45) is 6.07. The van der Waals surface area contributed by atoms with E-state index in [1.54, 1.807) is 18.3 Å². The molecular weight excluding hydrogens is 308 g/mol. The summed E-state index contributed by atoms with van der Waals surface area (Å²) in [6, 6.07) is 7.49. The summed E-state index contributed by atoms with van der Waals surface area (Å²) in [6.45, 7) is 0. The number of thiophene rings is 1. The highest BCUT2D eigenvalue weighted by atomic mass is 32.1. The number of pyridine rings is 2. The first kappa shape index (κ1) is 14.1. The predicted octanol–water partition coefficient (Wildman–Crippen LogP) is 3.40. The summed E-state index contributed by atoms with van der Waals surface area (Å²) in [5.74, 6) is 0.281. The Labute approximate surface area is 137 Å². The van der Waals surface area contributed by atoms with Crippen molar-refractivity contribution in [2.75, 3.05) is 11.1 Å². The van der Waals surface area contributed by atoms with Gasteiger partial charge in [0.1, 0.15) is 15.5 Å². The zero-order valence-corrected chi connectivity index (χ0v) is 13.3. The highest BCUT2D eigenvalue weighted by Gasteiger charge is 2.20. The Hall–Kier alpha value is -2.47. The van der Waals surface area contributed by atoms with Crippen LogP contribution in [0.2, 0.25) is 0 Å². The van der Waals surface area contributed by atoms with Crippen LogP contribution in [0.5, 0.6) is 0 Å². The van der Waals surface area contributed by atoms with Crippen LogP contribution in [0.4, 0.5) is 11.5 Å². The van der Waals surface area contributed by atoms with Crippen molar-refractivity contribution < 1.29 is 4.79 Å². The summed E-state index contributed by atoms with van der Waals surface area (Å²) in [4.78, 5) is 22.7. The number of fused-ring (bicyclic) bond motifs is 2. The van der Waals surface area contributed by atoms with Gasteiger partial charge in [0, 0.05) is 17.3 Å². The van der Waals surface area contributed by atoms with E-state index in [4.69, 9.17) is 10.7 Å². The molecule has 1 aliphatic carbocycles. The van der Waals surface area contributed by atoms with Crippen LogP contribution in [0.15, 0.2) is 30.5 Å². The minimum atomic E-state index is -0.234. The van der Waals surface area contributed by atoms with Gasteiger partial charge >= 0.3 is 0 Å². The lowest BCUT2D eigenvalue weighted by Crippen LogP contribution is -2.12. The predicted molar refractivity (Wildman–Crippen MR) is 92.9 cm³/mol. The Morgan fingerprint density at radius 2 is 2.13 bits per heavy atom. The van der Waals surface area contributed by atoms with Gasteiger partial charge in [-0.05, 0) is 49.4 Å². The molecule has 0 radical (unpaired) electrons. The first-order valence-corrected chi connectivity index (χ1v) is 8.47. The van der Waals surface area contributed by atoms with E-state index in [0.29, 0.717) is 16.4 Å². The fourth-order valence-electron chi connectivity index (χ4n) is 2.94. The molecule has 3 aromatic heterocycles. The van der Waals surface area contributed by atoms with Crippen molar-refractivity contribution in [2.24, 2.45) is 0 Å². The molecule has 4 rings (SSSR count). The summed E-state index contributed by atoms with van der Waals surface area (Å²) in [5, 5.41) is 3.67. The normalized spacial score (nSPS) is 13.7. The highest BCUT2D eigenvalue weighted by molar-refractivity contribution is 7.21. The third-order valence-electron chi connectivity index (χ3n) is 4.11. The van der Waals surface area contributed by atoms with Gasteiger partial charge in [-0.25, -0.2) is 9.97 Å². The monoisotopic (exact) mass is 324 g/mol. The zero-order valence-electron chi connectivity index (χ0n) is 12.5.